The summed E-state index contributed by atoms with van der Waals surface area (Å²) < 4.78 is 10.6. The van der Waals surface area contributed by atoms with Crippen molar-refractivity contribution < 1.29 is 19.1 Å². The minimum atomic E-state index is -0.489. The van der Waals surface area contributed by atoms with Gasteiger partial charge in [0.15, 0.2) is 0 Å². The summed E-state index contributed by atoms with van der Waals surface area (Å²) in [7, 11) is 1.59. The van der Waals surface area contributed by atoms with Gasteiger partial charge >= 0.3 is 5.97 Å². The molecule has 174 valence electrons. The largest absolute Gasteiger partial charge is 0.497 e. The number of H-pyrrole nitrogens is 1. The van der Waals surface area contributed by atoms with Crippen molar-refractivity contribution >= 4 is 28.5 Å². The Labute approximate surface area is 189 Å². The van der Waals surface area contributed by atoms with Crippen LogP contribution in [0.1, 0.15) is 64.4 Å². The van der Waals surface area contributed by atoms with Gasteiger partial charge < -0.3 is 19.8 Å². The van der Waals surface area contributed by atoms with E-state index in [1.807, 2.05) is 25.1 Å². The third-order valence-electron chi connectivity index (χ3n) is 7.07. The van der Waals surface area contributed by atoms with Crippen LogP contribution in [0.4, 0.5) is 5.69 Å². The number of benzene rings is 1. The minimum Gasteiger partial charge on any atom is -0.497 e. The number of likely N-dealkylation sites (tertiary alicyclic amines) is 1. The van der Waals surface area contributed by atoms with Gasteiger partial charge in [0.2, 0.25) is 5.91 Å². The Kier molecular flexibility index (Phi) is 5.74. The van der Waals surface area contributed by atoms with Crippen LogP contribution in [0.25, 0.3) is 10.9 Å². The smallest absolute Gasteiger partial charge is 0.356 e. The molecule has 1 aliphatic carbocycles. The van der Waals surface area contributed by atoms with Crippen molar-refractivity contribution in [3.05, 3.63) is 23.9 Å². The van der Waals surface area contributed by atoms with Crippen molar-refractivity contribution in [2.45, 2.75) is 66.0 Å². The number of carbonyl (C=O) groups is 2. The van der Waals surface area contributed by atoms with E-state index in [4.69, 9.17) is 9.47 Å². The average Bonchev–Trinajstić information content (AvgIpc) is 3.20. The quantitative estimate of drug-likeness (QED) is 0.641. The fraction of sp³-hybridized carbons (Fsp3) is 0.600. The van der Waals surface area contributed by atoms with Gasteiger partial charge in [0.1, 0.15) is 11.4 Å². The highest BCUT2D eigenvalue weighted by Gasteiger charge is 2.51. The second-order valence-corrected chi connectivity index (χ2v) is 10.6. The number of ether oxygens (including phenoxy) is 2. The molecule has 2 fully saturated rings. The summed E-state index contributed by atoms with van der Waals surface area (Å²) in [5, 5.41) is 3.77. The summed E-state index contributed by atoms with van der Waals surface area (Å²) in [6, 6.07) is 5.57. The monoisotopic (exact) mass is 441 g/mol. The molecule has 0 radical (unpaired) electrons. The summed E-state index contributed by atoms with van der Waals surface area (Å²) >= 11 is 0. The zero-order valence-corrected chi connectivity index (χ0v) is 20.0. The van der Waals surface area contributed by atoms with E-state index in [1.165, 1.54) is 6.42 Å². The van der Waals surface area contributed by atoms with Crippen LogP contribution < -0.4 is 10.1 Å². The molecule has 1 amide bonds. The van der Waals surface area contributed by atoms with Crippen molar-refractivity contribution in [2.75, 3.05) is 25.6 Å². The maximum Gasteiger partial charge on any atom is 0.356 e. The molecule has 7 nitrogen and oxygen atoms in total. The first-order chi connectivity index (χ1) is 15.1. The zero-order chi connectivity index (χ0) is 23.3. The number of hydrogen-bond acceptors (Lipinski definition) is 5. The lowest BCUT2D eigenvalue weighted by Crippen LogP contribution is -2.45. The minimum absolute atomic E-state index is 0.117. The van der Waals surface area contributed by atoms with Crippen molar-refractivity contribution in [1.29, 1.82) is 0 Å². The number of hydrogen-bond donors (Lipinski definition) is 2. The standard InChI is InChI=1S/C25H35N3O4/c1-7-32-23(30)21-20(18-10-17(31-6)8-9-19(18)26-21)27-22(29)15(2)28-14-25(5)12-16(28)11-24(3,4)13-25/h8-10,15-16,26H,7,11-14H2,1-6H3,(H,27,29)/t15-,16+,25-/m1/s1. The van der Waals surface area contributed by atoms with Crippen LogP contribution in [0, 0.1) is 10.8 Å². The number of anilines is 1. The molecule has 1 aliphatic heterocycles. The highest BCUT2D eigenvalue weighted by atomic mass is 16.5. The lowest BCUT2D eigenvalue weighted by Gasteiger charge is -2.40. The number of amides is 1. The van der Waals surface area contributed by atoms with E-state index in [-0.39, 0.29) is 35.1 Å². The van der Waals surface area contributed by atoms with Crippen LogP contribution in [0.5, 0.6) is 5.75 Å². The Balaban J connectivity index is 1.63. The fourth-order valence-electron chi connectivity index (χ4n) is 6.12. The lowest BCUT2D eigenvalue weighted by molar-refractivity contribution is -0.121. The van der Waals surface area contributed by atoms with E-state index in [9.17, 15) is 9.59 Å². The van der Waals surface area contributed by atoms with Crippen molar-refractivity contribution in [2.24, 2.45) is 10.8 Å². The van der Waals surface area contributed by atoms with Gasteiger partial charge in [-0.15, -0.1) is 0 Å². The predicted octanol–water partition coefficient (Wildman–Crippen LogP) is 4.58. The summed E-state index contributed by atoms with van der Waals surface area (Å²) in [6.07, 6.45) is 3.40. The number of nitrogens with zero attached hydrogens (tertiary/aromatic N) is 1. The summed E-state index contributed by atoms with van der Waals surface area (Å²) in [5.74, 6) is 0.0455. The fourth-order valence-corrected chi connectivity index (χ4v) is 6.12. The van der Waals surface area contributed by atoms with E-state index in [1.54, 1.807) is 14.0 Å². The molecule has 1 saturated carbocycles. The van der Waals surface area contributed by atoms with Crippen molar-refractivity contribution in [3.8, 4) is 5.75 Å². The van der Waals surface area contributed by atoms with Gasteiger partial charge in [0, 0.05) is 23.5 Å². The molecule has 1 aromatic heterocycles. The number of rotatable bonds is 6. The molecule has 2 aromatic rings. The average molecular weight is 442 g/mol. The lowest BCUT2D eigenvalue weighted by atomic mass is 9.65. The number of nitrogens with one attached hydrogen (secondary N) is 2. The maximum absolute atomic E-state index is 13.4. The van der Waals surface area contributed by atoms with E-state index in [0.717, 1.165) is 30.3 Å². The van der Waals surface area contributed by atoms with Crippen LogP contribution in [-0.4, -0.2) is 54.1 Å². The third-order valence-corrected chi connectivity index (χ3v) is 7.07. The zero-order valence-electron chi connectivity index (χ0n) is 20.0. The van der Waals surface area contributed by atoms with Gasteiger partial charge in [0.25, 0.3) is 0 Å². The Bertz CT molecular complexity index is 1040. The topological polar surface area (TPSA) is 83.7 Å². The van der Waals surface area contributed by atoms with Crippen LogP contribution in [0.15, 0.2) is 18.2 Å². The Hall–Kier alpha value is -2.54. The van der Waals surface area contributed by atoms with Gasteiger partial charge in [-0.1, -0.05) is 20.8 Å². The first-order valence-electron chi connectivity index (χ1n) is 11.5. The molecule has 1 saturated heterocycles. The number of fused-ring (bicyclic) bond motifs is 3. The molecule has 32 heavy (non-hydrogen) atoms. The number of aromatic amines is 1. The molecule has 7 heteroatoms. The SMILES string of the molecule is CCOC(=O)c1[nH]c2ccc(OC)cc2c1NC(=O)[C@@H](C)N1C[C@]2(C)C[C@@H]1CC(C)(C)C2. The molecule has 2 aliphatic rings. The highest BCUT2D eigenvalue weighted by molar-refractivity contribution is 6.12. The second kappa shape index (κ2) is 8.10. The first kappa shape index (κ1) is 22.6. The van der Waals surface area contributed by atoms with Crippen molar-refractivity contribution in [1.82, 2.24) is 9.88 Å². The molecular weight excluding hydrogens is 406 g/mol. The summed E-state index contributed by atoms with van der Waals surface area (Å²) in [5.41, 5.74) is 1.97. The molecule has 2 heterocycles. The molecule has 3 atom stereocenters. The Morgan fingerprint density at radius 3 is 2.72 bits per heavy atom. The summed E-state index contributed by atoms with van der Waals surface area (Å²) in [6.45, 7) is 11.9. The van der Waals surface area contributed by atoms with E-state index < -0.39 is 5.97 Å². The highest BCUT2D eigenvalue weighted by Crippen LogP contribution is 2.53. The molecule has 2 N–H and O–H groups in total. The Morgan fingerprint density at radius 2 is 2.03 bits per heavy atom. The molecule has 2 bridgehead atoms. The van der Waals surface area contributed by atoms with Crippen LogP contribution in [0.3, 0.4) is 0 Å². The van der Waals surface area contributed by atoms with Gasteiger partial charge in [-0.25, -0.2) is 4.79 Å². The van der Waals surface area contributed by atoms with Crippen LogP contribution in [0.2, 0.25) is 0 Å². The number of esters is 1. The van der Waals surface area contributed by atoms with E-state index in [0.29, 0.717) is 17.5 Å². The molecular formula is C25H35N3O4. The Morgan fingerprint density at radius 1 is 1.28 bits per heavy atom. The number of methoxy groups -OCH3 is 1. The van der Waals surface area contributed by atoms with E-state index in [2.05, 4.69) is 36.0 Å². The van der Waals surface area contributed by atoms with Gasteiger partial charge in [-0.2, -0.15) is 0 Å². The predicted molar refractivity (Wildman–Crippen MR) is 125 cm³/mol. The normalized spacial score (nSPS) is 25.5. The van der Waals surface area contributed by atoms with Gasteiger partial charge in [0.05, 0.1) is 25.4 Å². The molecule has 1 aromatic carbocycles. The van der Waals surface area contributed by atoms with E-state index >= 15 is 0 Å². The van der Waals surface area contributed by atoms with Crippen LogP contribution >= 0.6 is 0 Å². The number of aromatic nitrogens is 1. The number of carbonyl (C=O) groups excluding carboxylic acids is 2. The second-order valence-electron chi connectivity index (χ2n) is 10.6. The summed E-state index contributed by atoms with van der Waals surface area (Å²) in [4.78, 5) is 31.5. The maximum atomic E-state index is 13.4. The molecule has 0 spiro atoms. The van der Waals surface area contributed by atoms with Gasteiger partial charge in [-0.05, 0) is 62.1 Å². The molecule has 0 unspecified atom stereocenters. The third kappa shape index (κ3) is 4.10. The van der Waals surface area contributed by atoms with Gasteiger partial charge in [-0.3, -0.25) is 9.69 Å². The van der Waals surface area contributed by atoms with Crippen molar-refractivity contribution in [3.63, 3.8) is 0 Å². The van der Waals surface area contributed by atoms with Crippen LogP contribution in [-0.2, 0) is 9.53 Å². The first-order valence-corrected chi connectivity index (χ1v) is 11.5. The molecule has 4 rings (SSSR count).